The lowest BCUT2D eigenvalue weighted by molar-refractivity contribution is -0.220. The average Bonchev–Trinajstić information content (AvgIpc) is 3.29. The van der Waals surface area contributed by atoms with Crippen molar-refractivity contribution in [3.05, 3.63) is 109 Å². The topological polar surface area (TPSA) is 210 Å². The van der Waals surface area contributed by atoms with Crippen molar-refractivity contribution in [2.24, 2.45) is 0 Å². The molecule has 8 atom stereocenters. The lowest BCUT2D eigenvalue weighted by Gasteiger charge is -2.41. The lowest BCUT2D eigenvalue weighted by atomic mass is 9.85. The van der Waals surface area contributed by atoms with Gasteiger partial charge in [0.05, 0.1) is 6.61 Å². The number of hydrogen-bond donors (Lipinski definition) is 6. The van der Waals surface area contributed by atoms with Gasteiger partial charge in [0.2, 0.25) is 0 Å². The third-order valence-electron chi connectivity index (χ3n) is 10.1. The second kappa shape index (κ2) is 39.7. The standard InChI is InChI=1S/C51H81O13P/c1-3-5-7-9-11-13-15-17-19-21-22-24-26-28-30-32-34-36-38-40-45(53)63-43(42-62-65(59,60)64-51-49(57)47(55)46(54)48(56)50(51)58)41-61-44(52)39-37-35-33-31-29-27-25-23-20-18-16-14-12-10-8-6-4-2/h5,7,11,13,17-20,22,24-25,27-28,30-31,33-34,36,43,46-51,54-58H,3-4,6,8-10,12,14-16,21,23,26,29,32,35,37-42H2,1-2H3,(H,59,60)/b7-5+,13-11+,19-17+,20-18+,24-22+,27-25+,30-28+,33-31+,36-34+/t43-,46?,47-,48?,49?,50?,51?/m1/s1. The number of ether oxygens (including phenoxy) is 2. The molecular formula is C51H81O13P. The molecule has 1 aliphatic rings. The van der Waals surface area contributed by atoms with Crippen LogP contribution in [0.4, 0.5) is 0 Å². The van der Waals surface area contributed by atoms with Crippen molar-refractivity contribution >= 4 is 19.8 Å². The Morgan fingerprint density at radius 3 is 1.40 bits per heavy atom. The van der Waals surface area contributed by atoms with Crippen molar-refractivity contribution in [3.63, 3.8) is 0 Å². The molecule has 0 amide bonds. The van der Waals surface area contributed by atoms with Crippen LogP contribution in [0.5, 0.6) is 0 Å². The molecule has 0 radical (unpaired) electrons. The first-order valence-corrected chi connectivity index (χ1v) is 25.2. The largest absolute Gasteiger partial charge is 0.472 e. The van der Waals surface area contributed by atoms with Crippen LogP contribution in [0, 0.1) is 0 Å². The molecule has 0 bridgehead atoms. The van der Waals surface area contributed by atoms with Crippen LogP contribution in [0.1, 0.15) is 142 Å². The van der Waals surface area contributed by atoms with Crippen LogP contribution in [-0.4, -0.2) is 98.3 Å². The van der Waals surface area contributed by atoms with Crippen molar-refractivity contribution in [2.75, 3.05) is 13.2 Å². The first-order valence-electron chi connectivity index (χ1n) is 23.7. The number of phosphoric ester groups is 1. The van der Waals surface area contributed by atoms with Crippen LogP contribution in [-0.2, 0) is 32.7 Å². The van der Waals surface area contributed by atoms with Crippen molar-refractivity contribution in [1.29, 1.82) is 0 Å². The van der Waals surface area contributed by atoms with Crippen LogP contribution in [0.3, 0.4) is 0 Å². The number of phosphoric acid groups is 1. The maximum Gasteiger partial charge on any atom is 0.472 e. The van der Waals surface area contributed by atoms with Gasteiger partial charge < -0.3 is 39.9 Å². The van der Waals surface area contributed by atoms with Gasteiger partial charge in [0, 0.05) is 12.8 Å². The fraction of sp³-hybridized carbons (Fsp3) is 0.608. The molecule has 6 unspecified atom stereocenters. The Morgan fingerprint density at radius 1 is 0.492 bits per heavy atom. The molecule has 1 fully saturated rings. The SMILES string of the molecule is CC/C=C/C/C=C/C/C=C/C/C=C/C/C=C/C/C=C/CCC(=O)O[C@H](COC(=O)CCC/C=C/C/C=C/C/C=C/CCCCCCCC)COP(=O)(O)OC1C(O)C(O)C(O)[C@@H](O)C1O. The third-order valence-corrected chi connectivity index (χ3v) is 11.1. The first-order chi connectivity index (χ1) is 31.4. The first kappa shape index (κ1) is 59.5. The molecule has 6 N–H and O–H groups in total. The lowest BCUT2D eigenvalue weighted by Crippen LogP contribution is -2.64. The van der Waals surface area contributed by atoms with Gasteiger partial charge in [0.1, 0.15) is 43.2 Å². The van der Waals surface area contributed by atoms with E-state index in [1.54, 1.807) is 0 Å². The monoisotopic (exact) mass is 933 g/mol. The number of rotatable bonds is 37. The third kappa shape index (κ3) is 32.0. The molecule has 1 saturated carbocycles. The predicted molar refractivity (Wildman–Crippen MR) is 257 cm³/mol. The Bertz CT molecular complexity index is 1550. The van der Waals surface area contributed by atoms with Gasteiger partial charge >= 0.3 is 19.8 Å². The average molecular weight is 933 g/mol. The highest BCUT2D eigenvalue weighted by atomic mass is 31.2. The molecule has 65 heavy (non-hydrogen) atoms. The summed E-state index contributed by atoms with van der Waals surface area (Å²) >= 11 is 0. The molecule has 0 aromatic rings. The molecule has 0 aromatic carbocycles. The second-order valence-corrected chi connectivity index (χ2v) is 17.3. The van der Waals surface area contributed by atoms with Crippen molar-refractivity contribution in [3.8, 4) is 0 Å². The molecule has 0 aliphatic heterocycles. The maximum absolute atomic E-state index is 12.8. The second-order valence-electron chi connectivity index (χ2n) is 15.9. The van der Waals surface area contributed by atoms with E-state index in [1.165, 1.54) is 38.5 Å². The maximum atomic E-state index is 12.8. The molecule has 14 heteroatoms. The van der Waals surface area contributed by atoms with Crippen molar-refractivity contribution in [1.82, 2.24) is 0 Å². The van der Waals surface area contributed by atoms with Crippen molar-refractivity contribution < 1.29 is 63.1 Å². The molecule has 0 aromatic heterocycles. The van der Waals surface area contributed by atoms with Crippen molar-refractivity contribution in [2.45, 2.75) is 185 Å². The fourth-order valence-corrected chi connectivity index (χ4v) is 7.30. The van der Waals surface area contributed by atoms with E-state index in [4.69, 9.17) is 18.5 Å². The zero-order valence-corrected chi connectivity index (χ0v) is 39.9. The summed E-state index contributed by atoms with van der Waals surface area (Å²) in [5, 5.41) is 50.2. The Balaban J connectivity index is 2.56. The molecule has 0 heterocycles. The molecule has 13 nitrogen and oxygen atoms in total. The predicted octanol–water partition coefficient (Wildman–Crippen LogP) is 9.61. The molecular weight excluding hydrogens is 852 g/mol. The van der Waals surface area contributed by atoms with Crippen LogP contribution >= 0.6 is 7.82 Å². The van der Waals surface area contributed by atoms with Crippen LogP contribution in [0.25, 0.3) is 0 Å². The summed E-state index contributed by atoms with van der Waals surface area (Å²) in [5.74, 6) is -1.27. The van der Waals surface area contributed by atoms with E-state index in [-0.39, 0.29) is 12.8 Å². The molecule has 0 saturated heterocycles. The van der Waals surface area contributed by atoms with E-state index >= 15 is 0 Å². The number of carbonyl (C=O) groups excluding carboxylic acids is 2. The Morgan fingerprint density at radius 2 is 0.908 bits per heavy atom. The summed E-state index contributed by atoms with van der Waals surface area (Å²) in [6.07, 6.45) is 41.6. The summed E-state index contributed by atoms with van der Waals surface area (Å²) in [5.41, 5.74) is 0. The summed E-state index contributed by atoms with van der Waals surface area (Å²) < 4.78 is 33.4. The van der Waals surface area contributed by atoms with Crippen LogP contribution in [0.2, 0.25) is 0 Å². The Labute approximate surface area is 389 Å². The minimum Gasteiger partial charge on any atom is -0.462 e. The van der Waals surface area contributed by atoms with E-state index in [9.17, 15) is 44.6 Å². The highest BCUT2D eigenvalue weighted by Crippen LogP contribution is 2.47. The van der Waals surface area contributed by atoms with E-state index in [0.29, 0.717) is 25.7 Å². The van der Waals surface area contributed by atoms with E-state index in [1.807, 2.05) is 30.4 Å². The molecule has 1 aliphatic carbocycles. The van der Waals surface area contributed by atoms with Gasteiger partial charge in [0.25, 0.3) is 0 Å². The van der Waals surface area contributed by atoms with Gasteiger partial charge in [-0.1, -0.05) is 155 Å². The number of carbonyl (C=O) groups is 2. The Kier molecular flexibility index (Phi) is 36.3. The fourth-order valence-electron chi connectivity index (χ4n) is 6.33. The summed E-state index contributed by atoms with van der Waals surface area (Å²) in [4.78, 5) is 35.7. The van der Waals surface area contributed by atoms with Gasteiger partial charge in [-0.05, 0) is 83.5 Å². The zero-order valence-electron chi connectivity index (χ0n) is 39.0. The summed E-state index contributed by atoms with van der Waals surface area (Å²) in [6.45, 7) is 3.06. The van der Waals surface area contributed by atoms with E-state index in [0.717, 1.165) is 51.4 Å². The van der Waals surface area contributed by atoms with Crippen LogP contribution < -0.4 is 0 Å². The number of aliphatic hydroxyl groups excluding tert-OH is 5. The summed E-state index contributed by atoms with van der Waals surface area (Å²) in [6, 6.07) is 0. The van der Waals surface area contributed by atoms with Gasteiger partial charge in [-0.2, -0.15) is 0 Å². The Hall–Kier alpha value is -3.49. The van der Waals surface area contributed by atoms with Gasteiger partial charge in [0.15, 0.2) is 6.10 Å². The number of hydrogen-bond acceptors (Lipinski definition) is 12. The van der Waals surface area contributed by atoms with E-state index in [2.05, 4.69) is 92.8 Å². The molecule has 1 rings (SSSR count). The van der Waals surface area contributed by atoms with E-state index < -0.39 is 75.7 Å². The highest BCUT2D eigenvalue weighted by Gasteiger charge is 2.51. The van der Waals surface area contributed by atoms with Crippen LogP contribution in [0.15, 0.2) is 109 Å². The normalized spacial score (nSPS) is 22.4. The minimum absolute atomic E-state index is 0.0457. The molecule has 0 spiro atoms. The smallest absolute Gasteiger partial charge is 0.462 e. The quantitative estimate of drug-likeness (QED) is 0.0149. The van der Waals surface area contributed by atoms with Gasteiger partial charge in [-0.25, -0.2) is 4.57 Å². The van der Waals surface area contributed by atoms with Gasteiger partial charge in [-0.15, -0.1) is 0 Å². The number of allylic oxidation sites excluding steroid dienone is 18. The number of unbranched alkanes of at least 4 members (excludes halogenated alkanes) is 7. The zero-order chi connectivity index (χ0) is 47.8. The summed E-state index contributed by atoms with van der Waals surface area (Å²) in [7, 11) is -5.16. The minimum atomic E-state index is -5.16. The molecule has 368 valence electrons. The van der Waals surface area contributed by atoms with Gasteiger partial charge in [-0.3, -0.25) is 18.6 Å². The number of esters is 2. The highest BCUT2D eigenvalue weighted by molar-refractivity contribution is 7.47. The number of aliphatic hydroxyl groups is 5.